The number of amides is 1. The van der Waals surface area contributed by atoms with E-state index in [0.717, 1.165) is 11.8 Å². The normalized spacial score (nSPS) is 11.9. The highest BCUT2D eigenvalue weighted by atomic mass is 19.1. The average molecular weight is 449 g/mol. The first-order chi connectivity index (χ1) is 15.9. The quantitative estimate of drug-likeness (QED) is 0.463. The molecule has 33 heavy (non-hydrogen) atoms. The summed E-state index contributed by atoms with van der Waals surface area (Å²) in [5, 5.41) is 5.45. The molecule has 0 radical (unpaired) electrons. The molecule has 8 nitrogen and oxygen atoms in total. The van der Waals surface area contributed by atoms with E-state index in [1.807, 2.05) is 6.92 Å². The SMILES string of the molecule is CNC(=O)c1c(F)cnc2c([C@H](C)CNc3cc(-c4cnc(C)nc4)ncn3)ccc(F)c12. The maximum Gasteiger partial charge on any atom is 0.254 e. The van der Waals surface area contributed by atoms with Crippen LogP contribution >= 0.6 is 0 Å². The number of benzene rings is 1. The Morgan fingerprint density at radius 1 is 1.03 bits per heavy atom. The summed E-state index contributed by atoms with van der Waals surface area (Å²) in [5.74, 6) is -1.21. The molecule has 2 N–H and O–H groups in total. The highest BCUT2D eigenvalue weighted by Gasteiger charge is 2.22. The van der Waals surface area contributed by atoms with Gasteiger partial charge in [-0.1, -0.05) is 13.0 Å². The predicted octanol–water partition coefficient (Wildman–Crippen LogP) is 3.64. The van der Waals surface area contributed by atoms with Crippen molar-refractivity contribution >= 4 is 22.6 Å². The van der Waals surface area contributed by atoms with Crippen LogP contribution in [0.25, 0.3) is 22.2 Å². The molecule has 168 valence electrons. The maximum absolute atomic E-state index is 14.6. The van der Waals surface area contributed by atoms with Crippen LogP contribution in [0.5, 0.6) is 0 Å². The number of aromatic nitrogens is 5. The zero-order chi connectivity index (χ0) is 23.5. The highest BCUT2D eigenvalue weighted by molar-refractivity contribution is 6.07. The van der Waals surface area contributed by atoms with Crippen molar-refractivity contribution in [3.05, 3.63) is 71.7 Å². The van der Waals surface area contributed by atoms with Gasteiger partial charge in [-0.25, -0.2) is 28.7 Å². The Morgan fingerprint density at radius 3 is 2.52 bits per heavy atom. The number of fused-ring (bicyclic) bond motifs is 1. The van der Waals surface area contributed by atoms with Gasteiger partial charge >= 0.3 is 0 Å². The number of hydrogen-bond acceptors (Lipinski definition) is 7. The zero-order valence-corrected chi connectivity index (χ0v) is 18.2. The summed E-state index contributed by atoms with van der Waals surface area (Å²) in [6, 6.07) is 4.60. The lowest BCUT2D eigenvalue weighted by Gasteiger charge is -2.17. The molecule has 0 saturated heterocycles. The minimum absolute atomic E-state index is 0.137. The van der Waals surface area contributed by atoms with E-state index in [2.05, 4.69) is 35.6 Å². The molecule has 0 aliphatic rings. The van der Waals surface area contributed by atoms with Gasteiger partial charge in [-0.2, -0.15) is 0 Å². The second kappa shape index (κ2) is 9.19. The zero-order valence-electron chi connectivity index (χ0n) is 18.2. The van der Waals surface area contributed by atoms with E-state index in [1.54, 1.807) is 31.5 Å². The van der Waals surface area contributed by atoms with E-state index in [-0.39, 0.29) is 22.4 Å². The van der Waals surface area contributed by atoms with E-state index in [1.165, 1.54) is 19.4 Å². The maximum atomic E-state index is 14.6. The summed E-state index contributed by atoms with van der Waals surface area (Å²) in [5.41, 5.74) is 1.98. The van der Waals surface area contributed by atoms with Crippen molar-refractivity contribution in [1.29, 1.82) is 0 Å². The topological polar surface area (TPSA) is 106 Å². The number of carbonyl (C=O) groups excluding carboxylic acids is 1. The Labute approximate surface area is 188 Å². The van der Waals surface area contributed by atoms with E-state index in [0.29, 0.717) is 29.4 Å². The molecule has 0 aliphatic carbocycles. The van der Waals surface area contributed by atoms with E-state index >= 15 is 0 Å². The molecular formula is C23H21F2N7O. The summed E-state index contributed by atoms with van der Waals surface area (Å²) >= 11 is 0. The molecule has 0 fully saturated rings. The van der Waals surface area contributed by atoms with Crippen molar-refractivity contribution in [1.82, 2.24) is 30.2 Å². The number of anilines is 1. The van der Waals surface area contributed by atoms with Crippen LogP contribution in [0.4, 0.5) is 14.6 Å². The number of nitrogens with one attached hydrogen (secondary N) is 2. The third kappa shape index (κ3) is 4.45. The first kappa shape index (κ1) is 22.1. The van der Waals surface area contributed by atoms with Gasteiger partial charge in [0.05, 0.1) is 28.4 Å². The Morgan fingerprint density at radius 2 is 1.79 bits per heavy atom. The van der Waals surface area contributed by atoms with E-state index in [9.17, 15) is 13.6 Å². The molecule has 0 spiro atoms. The lowest BCUT2D eigenvalue weighted by molar-refractivity contribution is 0.0960. The number of halogens is 2. The monoisotopic (exact) mass is 449 g/mol. The number of aryl methyl sites for hydroxylation is 1. The molecule has 3 aromatic heterocycles. The lowest BCUT2D eigenvalue weighted by atomic mass is 9.95. The molecule has 1 atom stereocenters. The second-order valence-corrected chi connectivity index (χ2v) is 7.51. The molecule has 1 aromatic carbocycles. The molecule has 10 heteroatoms. The summed E-state index contributed by atoms with van der Waals surface area (Å²) in [7, 11) is 1.36. The number of nitrogens with zero attached hydrogens (tertiary/aromatic N) is 5. The molecule has 0 unspecified atom stereocenters. The van der Waals surface area contributed by atoms with Crippen molar-refractivity contribution in [2.75, 3.05) is 18.9 Å². The number of pyridine rings is 1. The summed E-state index contributed by atoms with van der Waals surface area (Å²) in [6.07, 6.45) is 5.76. The van der Waals surface area contributed by atoms with Crippen molar-refractivity contribution in [3.8, 4) is 11.3 Å². The summed E-state index contributed by atoms with van der Waals surface area (Å²) < 4.78 is 28.9. The fourth-order valence-electron chi connectivity index (χ4n) is 3.51. The van der Waals surface area contributed by atoms with E-state index < -0.39 is 17.5 Å². The van der Waals surface area contributed by atoms with Gasteiger partial charge in [0.2, 0.25) is 0 Å². The predicted molar refractivity (Wildman–Crippen MR) is 120 cm³/mol. The van der Waals surface area contributed by atoms with Gasteiger partial charge in [0, 0.05) is 43.5 Å². The van der Waals surface area contributed by atoms with Crippen molar-refractivity contribution < 1.29 is 13.6 Å². The van der Waals surface area contributed by atoms with Crippen molar-refractivity contribution in [2.45, 2.75) is 19.8 Å². The standard InChI is InChI=1S/C23H21F2N7O/c1-12(7-29-19-6-18(31-11-32-19)14-8-27-13(2)28-9-14)15-4-5-16(24)20-21(23(33)26-3)17(25)10-30-22(15)20/h4-6,8-12H,7H2,1-3H3,(H,26,33)(H,29,31,32)/t12-/m1/s1. The molecule has 0 aliphatic heterocycles. The lowest BCUT2D eigenvalue weighted by Crippen LogP contribution is -2.21. The van der Waals surface area contributed by atoms with Crippen LogP contribution < -0.4 is 10.6 Å². The largest absolute Gasteiger partial charge is 0.369 e. The number of carbonyl (C=O) groups is 1. The van der Waals surface area contributed by atoms with Gasteiger partial charge in [-0.15, -0.1) is 0 Å². The Kier molecular flexibility index (Phi) is 6.16. The van der Waals surface area contributed by atoms with Crippen LogP contribution in [0.3, 0.4) is 0 Å². The van der Waals surface area contributed by atoms with Crippen LogP contribution in [0.2, 0.25) is 0 Å². The fraction of sp³-hybridized carbons (Fsp3) is 0.217. The molecule has 1 amide bonds. The van der Waals surface area contributed by atoms with Crippen LogP contribution in [0.15, 0.2) is 43.1 Å². The van der Waals surface area contributed by atoms with Crippen LogP contribution in [0.1, 0.15) is 34.6 Å². The minimum Gasteiger partial charge on any atom is -0.369 e. The van der Waals surface area contributed by atoms with Crippen molar-refractivity contribution in [3.63, 3.8) is 0 Å². The van der Waals surface area contributed by atoms with Crippen molar-refractivity contribution in [2.24, 2.45) is 0 Å². The number of hydrogen-bond donors (Lipinski definition) is 2. The molecule has 4 aromatic rings. The molecule has 0 bridgehead atoms. The first-order valence-corrected chi connectivity index (χ1v) is 10.2. The number of rotatable bonds is 6. The van der Waals surface area contributed by atoms with E-state index in [4.69, 9.17) is 0 Å². The molecular weight excluding hydrogens is 428 g/mol. The van der Waals surface area contributed by atoms with Crippen LogP contribution in [0, 0.1) is 18.6 Å². The highest BCUT2D eigenvalue weighted by Crippen LogP contribution is 2.30. The van der Waals surface area contributed by atoms with Crippen LogP contribution in [-0.2, 0) is 0 Å². The Bertz CT molecular complexity index is 1330. The smallest absolute Gasteiger partial charge is 0.254 e. The minimum atomic E-state index is -0.878. The first-order valence-electron chi connectivity index (χ1n) is 10.2. The third-order valence-corrected chi connectivity index (χ3v) is 5.27. The second-order valence-electron chi connectivity index (χ2n) is 7.51. The van der Waals surface area contributed by atoms with Gasteiger partial charge < -0.3 is 10.6 Å². The van der Waals surface area contributed by atoms with Gasteiger partial charge in [0.1, 0.15) is 23.8 Å². The Balaban J connectivity index is 1.61. The van der Waals surface area contributed by atoms with Gasteiger partial charge in [-0.05, 0) is 18.6 Å². The van der Waals surface area contributed by atoms with Crippen LogP contribution in [-0.4, -0.2) is 44.4 Å². The summed E-state index contributed by atoms with van der Waals surface area (Å²) in [4.78, 5) is 33.1. The molecule has 4 rings (SSSR count). The summed E-state index contributed by atoms with van der Waals surface area (Å²) in [6.45, 7) is 4.15. The molecule has 0 saturated carbocycles. The average Bonchev–Trinajstić information content (AvgIpc) is 2.83. The van der Waals surface area contributed by atoms with Gasteiger partial charge in [0.25, 0.3) is 5.91 Å². The fourth-order valence-corrected chi connectivity index (χ4v) is 3.51. The molecule has 3 heterocycles. The Hall–Kier alpha value is -4.08. The van der Waals surface area contributed by atoms with Gasteiger partial charge in [0.15, 0.2) is 5.82 Å². The van der Waals surface area contributed by atoms with Gasteiger partial charge in [-0.3, -0.25) is 9.78 Å². The third-order valence-electron chi connectivity index (χ3n) is 5.27.